The Morgan fingerprint density at radius 3 is 2.89 bits per heavy atom. The number of ketones is 1. The van der Waals surface area contributed by atoms with Crippen LogP contribution in [0, 0.1) is 0 Å². The van der Waals surface area contributed by atoms with E-state index in [4.69, 9.17) is 4.74 Å². The van der Waals surface area contributed by atoms with Gasteiger partial charge in [-0.2, -0.15) is 0 Å². The van der Waals surface area contributed by atoms with Crippen LogP contribution >= 0.6 is 43.2 Å². The maximum Gasteiger partial charge on any atom is 0.178 e. The van der Waals surface area contributed by atoms with Crippen LogP contribution in [0.1, 0.15) is 24.2 Å². The summed E-state index contributed by atoms with van der Waals surface area (Å²) in [6.45, 7) is 6.10. The van der Waals surface area contributed by atoms with E-state index in [0.717, 1.165) is 19.7 Å². The van der Waals surface area contributed by atoms with Crippen LogP contribution in [0.2, 0.25) is 0 Å². The summed E-state index contributed by atoms with van der Waals surface area (Å²) in [5.74, 6) is 0.157. The number of hydrogen-bond donors (Lipinski definition) is 0. The minimum absolute atomic E-state index is 0.157. The predicted octanol–water partition coefficient (Wildman–Crippen LogP) is 3.57. The maximum atomic E-state index is 12.3. The zero-order chi connectivity index (χ0) is 13.3. The number of hydrogen-bond acceptors (Lipinski definition) is 4. The summed E-state index contributed by atoms with van der Waals surface area (Å²) < 4.78 is 7.44. The van der Waals surface area contributed by atoms with Crippen LogP contribution in [-0.2, 0) is 4.74 Å². The summed E-state index contributed by atoms with van der Waals surface area (Å²) in [5, 5.41) is 0. The van der Waals surface area contributed by atoms with Gasteiger partial charge in [-0.25, -0.2) is 0 Å². The summed E-state index contributed by atoms with van der Waals surface area (Å²) in [4.78, 5) is 14.5. The molecule has 0 aliphatic carbocycles. The first kappa shape index (κ1) is 14.7. The first-order valence-electron chi connectivity index (χ1n) is 5.81. The highest BCUT2D eigenvalue weighted by Gasteiger charge is 2.26. The van der Waals surface area contributed by atoms with Gasteiger partial charge in [0, 0.05) is 18.2 Å². The topological polar surface area (TPSA) is 29.5 Å². The summed E-state index contributed by atoms with van der Waals surface area (Å²) >= 11 is 8.36. The Morgan fingerprint density at radius 2 is 2.28 bits per heavy atom. The van der Waals surface area contributed by atoms with Crippen molar-refractivity contribution in [3.63, 3.8) is 0 Å². The van der Waals surface area contributed by atoms with Crippen LogP contribution in [0.5, 0.6) is 0 Å². The van der Waals surface area contributed by atoms with E-state index in [-0.39, 0.29) is 11.9 Å². The number of halogens is 2. The van der Waals surface area contributed by atoms with Crippen molar-refractivity contribution in [2.75, 3.05) is 19.7 Å². The zero-order valence-corrected chi connectivity index (χ0v) is 14.3. The molecule has 1 aromatic rings. The molecule has 0 bridgehead atoms. The lowest BCUT2D eigenvalue weighted by Gasteiger charge is -2.36. The minimum atomic E-state index is 0.157. The molecule has 1 aromatic heterocycles. The largest absolute Gasteiger partial charge is 0.376 e. The maximum absolute atomic E-state index is 12.3. The van der Waals surface area contributed by atoms with E-state index in [1.807, 2.05) is 13.0 Å². The summed E-state index contributed by atoms with van der Waals surface area (Å²) in [5.41, 5.74) is 0.762. The number of carbonyl (C=O) groups is 1. The van der Waals surface area contributed by atoms with Gasteiger partial charge in [-0.05, 0) is 51.8 Å². The minimum Gasteiger partial charge on any atom is -0.376 e. The van der Waals surface area contributed by atoms with Crippen LogP contribution in [-0.4, -0.2) is 42.5 Å². The van der Waals surface area contributed by atoms with Gasteiger partial charge >= 0.3 is 0 Å². The molecule has 0 radical (unpaired) electrons. The van der Waals surface area contributed by atoms with Crippen molar-refractivity contribution in [1.82, 2.24) is 4.90 Å². The quantitative estimate of drug-likeness (QED) is 0.731. The highest BCUT2D eigenvalue weighted by atomic mass is 79.9. The monoisotopic (exact) mass is 395 g/mol. The number of Topliss-reactive ketones (excluding diaryl/α,β-unsaturated/α-hetero) is 1. The van der Waals surface area contributed by atoms with Crippen molar-refractivity contribution < 1.29 is 9.53 Å². The fraction of sp³-hybridized carbons (Fsp3) is 0.583. The average Bonchev–Trinajstić information content (AvgIpc) is 2.63. The van der Waals surface area contributed by atoms with E-state index < -0.39 is 0 Å². The predicted molar refractivity (Wildman–Crippen MR) is 80.5 cm³/mol. The SMILES string of the molecule is CC1CN(CC(=O)c2cc(Br)sc2Br)C(C)CO1. The lowest BCUT2D eigenvalue weighted by Crippen LogP contribution is -2.49. The van der Waals surface area contributed by atoms with Crippen molar-refractivity contribution in [1.29, 1.82) is 0 Å². The number of morpholine rings is 1. The Labute approximate surface area is 128 Å². The summed E-state index contributed by atoms with van der Waals surface area (Å²) in [6, 6.07) is 2.18. The second-order valence-corrected chi connectivity index (χ2v) is 8.33. The Bertz CT molecular complexity index is 449. The number of carbonyl (C=O) groups excluding carboxylic acids is 1. The Balaban J connectivity index is 2.04. The van der Waals surface area contributed by atoms with Gasteiger partial charge in [0.15, 0.2) is 5.78 Å². The second-order valence-electron chi connectivity index (χ2n) is 4.58. The molecule has 18 heavy (non-hydrogen) atoms. The van der Waals surface area contributed by atoms with Crippen molar-refractivity contribution in [3.8, 4) is 0 Å². The van der Waals surface area contributed by atoms with Gasteiger partial charge in [-0.1, -0.05) is 0 Å². The lowest BCUT2D eigenvalue weighted by molar-refractivity contribution is -0.0460. The standard InChI is InChI=1S/C12H15Br2NO2S/c1-7-6-17-8(2)4-15(7)5-10(16)9-3-11(13)18-12(9)14/h3,7-8H,4-6H2,1-2H3. The van der Waals surface area contributed by atoms with Gasteiger partial charge in [-0.3, -0.25) is 9.69 Å². The van der Waals surface area contributed by atoms with Gasteiger partial charge in [0.05, 0.1) is 26.8 Å². The second kappa shape index (κ2) is 6.13. The first-order valence-corrected chi connectivity index (χ1v) is 8.21. The molecule has 0 saturated carbocycles. The van der Waals surface area contributed by atoms with Crippen molar-refractivity contribution in [3.05, 3.63) is 19.2 Å². The van der Waals surface area contributed by atoms with Crippen molar-refractivity contribution in [2.45, 2.75) is 26.0 Å². The molecule has 2 atom stereocenters. The molecule has 0 amide bonds. The molecule has 3 nitrogen and oxygen atoms in total. The Morgan fingerprint density at radius 1 is 1.56 bits per heavy atom. The molecule has 1 aliphatic heterocycles. The molecule has 2 rings (SSSR count). The fourth-order valence-electron chi connectivity index (χ4n) is 1.99. The molecule has 6 heteroatoms. The van der Waals surface area contributed by atoms with Crippen LogP contribution in [0.3, 0.4) is 0 Å². The molecule has 2 heterocycles. The third-order valence-electron chi connectivity index (χ3n) is 3.04. The molecule has 0 N–H and O–H groups in total. The average molecular weight is 397 g/mol. The van der Waals surface area contributed by atoms with E-state index in [1.54, 1.807) is 0 Å². The van der Waals surface area contributed by atoms with E-state index >= 15 is 0 Å². The molecule has 1 saturated heterocycles. The molecule has 0 spiro atoms. The molecular formula is C12H15Br2NO2S. The van der Waals surface area contributed by atoms with E-state index in [1.165, 1.54) is 11.3 Å². The van der Waals surface area contributed by atoms with E-state index in [0.29, 0.717) is 19.2 Å². The van der Waals surface area contributed by atoms with Crippen LogP contribution < -0.4 is 0 Å². The van der Waals surface area contributed by atoms with Gasteiger partial charge in [0.1, 0.15) is 0 Å². The Hall–Kier alpha value is 0.250. The molecule has 2 unspecified atom stereocenters. The van der Waals surface area contributed by atoms with Crippen molar-refractivity contribution in [2.24, 2.45) is 0 Å². The number of nitrogens with zero attached hydrogens (tertiary/aromatic N) is 1. The normalized spacial score (nSPS) is 25.3. The third-order valence-corrected chi connectivity index (χ3v) is 5.38. The van der Waals surface area contributed by atoms with Gasteiger partial charge in [-0.15, -0.1) is 11.3 Å². The number of thiophene rings is 1. The third kappa shape index (κ3) is 3.42. The van der Waals surface area contributed by atoms with Crippen molar-refractivity contribution >= 4 is 49.0 Å². The summed E-state index contributed by atoms with van der Waals surface area (Å²) in [6.07, 6.45) is 0.201. The highest BCUT2D eigenvalue weighted by molar-refractivity contribution is 9.12. The van der Waals surface area contributed by atoms with Gasteiger partial charge in [0.25, 0.3) is 0 Å². The smallest absolute Gasteiger partial charge is 0.178 e. The molecule has 1 fully saturated rings. The van der Waals surface area contributed by atoms with Gasteiger partial charge in [0.2, 0.25) is 0 Å². The molecule has 0 aromatic carbocycles. The number of rotatable bonds is 3. The zero-order valence-electron chi connectivity index (χ0n) is 10.3. The van der Waals surface area contributed by atoms with Gasteiger partial charge < -0.3 is 4.74 Å². The van der Waals surface area contributed by atoms with Crippen LogP contribution in [0.25, 0.3) is 0 Å². The highest BCUT2D eigenvalue weighted by Crippen LogP contribution is 2.32. The summed E-state index contributed by atoms with van der Waals surface area (Å²) in [7, 11) is 0. The lowest BCUT2D eigenvalue weighted by atomic mass is 10.1. The first-order chi connectivity index (χ1) is 8.47. The van der Waals surface area contributed by atoms with Crippen LogP contribution in [0.15, 0.2) is 13.6 Å². The van der Waals surface area contributed by atoms with Crippen LogP contribution in [0.4, 0.5) is 0 Å². The molecule has 1 aliphatic rings. The fourth-order valence-corrected chi connectivity index (χ4v) is 4.85. The Kier molecular flexibility index (Phi) is 4.99. The van der Waals surface area contributed by atoms with E-state index in [2.05, 4.69) is 43.7 Å². The molecular weight excluding hydrogens is 382 g/mol. The number of ether oxygens (including phenoxy) is 1. The van der Waals surface area contributed by atoms with E-state index in [9.17, 15) is 4.79 Å². The molecule has 100 valence electrons.